The van der Waals surface area contributed by atoms with Crippen LogP contribution in [0.2, 0.25) is 0 Å². The van der Waals surface area contributed by atoms with E-state index in [9.17, 15) is 22.8 Å². The Morgan fingerprint density at radius 3 is 2.46 bits per heavy atom. The minimum atomic E-state index is -4.49. The third-order valence-corrected chi connectivity index (χ3v) is 5.18. The SMILES string of the molecule is O=C1C[C@]2(C[C@H]2c2ccc(C(F)(F)F)nc2)C(=O)N1Cc1ccccc1. The number of nitrogens with zero attached hydrogens (tertiary/aromatic N) is 2. The van der Waals surface area contributed by atoms with Gasteiger partial charge in [-0.2, -0.15) is 13.2 Å². The van der Waals surface area contributed by atoms with Gasteiger partial charge in [0.25, 0.3) is 0 Å². The number of amides is 2. The quantitative estimate of drug-likeness (QED) is 0.787. The molecule has 0 N–H and O–H groups in total. The topological polar surface area (TPSA) is 50.3 Å². The van der Waals surface area contributed by atoms with Gasteiger partial charge in [-0.05, 0) is 23.6 Å². The maximum Gasteiger partial charge on any atom is 0.433 e. The Bertz CT molecular complexity index is 865. The van der Waals surface area contributed by atoms with Crippen molar-refractivity contribution in [1.29, 1.82) is 0 Å². The fourth-order valence-electron chi connectivity index (χ4n) is 3.70. The number of halogens is 3. The normalized spacial score (nSPS) is 25.2. The molecule has 2 aromatic rings. The van der Waals surface area contributed by atoms with E-state index in [0.717, 1.165) is 11.6 Å². The van der Waals surface area contributed by atoms with Crippen molar-refractivity contribution in [3.8, 4) is 0 Å². The number of likely N-dealkylation sites (tertiary alicyclic amines) is 1. The van der Waals surface area contributed by atoms with Gasteiger partial charge in [0.1, 0.15) is 5.69 Å². The highest BCUT2D eigenvalue weighted by atomic mass is 19.4. The van der Waals surface area contributed by atoms with E-state index in [2.05, 4.69) is 4.98 Å². The van der Waals surface area contributed by atoms with Gasteiger partial charge in [-0.25, -0.2) is 0 Å². The monoisotopic (exact) mass is 360 g/mol. The summed E-state index contributed by atoms with van der Waals surface area (Å²) in [6.45, 7) is 0.220. The van der Waals surface area contributed by atoms with E-state index in [1.807, 2.05) is 30.3 Å². The van der Waals surface area contributed by atoms with E-state index >= 15 is 0 Å². The van der Waals surface area contributed by atoms with Gasteiger partial charge in [-0.3, -0.25) is 19.5 Å². The van der Waals surface area contributed by atoms with E-state index in [0.29, 0.717) is 12.0 Å². The van der Waals surface area contributed by atoms with E-state index in [4.69, 9.17) is 0 Å². The van der Waals surface area contributed by atoms with E-state index in [-0.39, 0.29) is 30.7 Å². The maximum atomic E-state index is 12.8. The molecule has 1 saturated carbocycles. The van der Waals surface area contributed by atoms with E-state index < -0.39 is 17.3 Å². The van der Waals surface area contributed by atoms with Crippen LogP contribution in [0.25, 0.3) is 0 Å². The predicted octanol–water partition coefficient (Wildman–Crippen LogP) is 3.53. The van der Waals surface area contributed by atoms with E-state index in [1.54, 1.807) is 0 Å². The van der Waals surface area contributed by atoms with Crippen LogP contribution in [0.4, 0.5) is 13.2 Å². The number of rotatable bonds is 3. The van der Waals surface area contributed by atoms with Gasteiger partial charge in [0, 0.05) is 18.5 Å². The Morgan fingerprint density at radius 1 is 1.12 bits per heavy atom. The first kappa shape index (κ1) is 16.8. The number of pyridine rings is 1. The highest BCUT2D eigenvalue weighted by molar-refractivity contribution is 6.08. The summed E-state index contributed by atoms with van der Waals surface area (Å²) in [5, 5.41) is 0. The molecule has 0 unspecified atom stereocenters. The van der Waals surface area contributed by atoms with Gasteiger partial charge in [0.05, 0.1) is 12.0 Å². The van der Waals surface area contributed by atoms with Crippen molar-refractivity contribution in [2.75, 3.05) is 0 Å². The average Bonchev–Trinajstić information content (AvgIpc) is 3.29. The second-order valence-electron chi connectivity index (χ2n) is 6.83. The van der Waals surface area contributed by atoms with Crippen LogP contribution in [-0.2, 0) is 22.3 Å². The number of carbonyl (C=O) groups is 2. The highest BCUT2D eigenvalue weighted by Crippen LogP contribution is 2.65. The molecule has 2 fully saturated rings. The van der Waals surface area contributed by atoms with Gasteiger partial charge in [-0.15, -0.1) is 0 Å². The van der Waals surface area contributed by atoms with Gasteiger partial charge < -0.3 is 0 Å². The van der Waals surface area contributed by atoms with Crippen LogP contribution in [0.3, 0.4) is 0 Å². The smallest absolute Gasteiger partial charge is 0.278 e. The molecule has 1 aromatic heterocycles. The lowest BCUT2D eigenvalue weighted by atomic mass is 9.98. The predicted molar refractivity (Wildman–Crippen MR) is 85.6 cm³/mol. The summed E-state index contributed by atoms with van der Waals surface area (Å²) in [5.41, 5.74) is -0.344. The van der Waals surface area contributed by atoms with E-state index in [1.165, 1.54) is 17.2 Å². The molecule has 1 saturated heterocycles. The third-order valence-electron chi connectivity index (χ3n) is 5.18. The molecule has 7 heteroatoms. The molecule has 1 aliphatic heterocycles. The van der Waals surface area contributed by atoms with Crippen molar-refractivity contribution in [3.05, 3.63) is 65.5 Å². The molecule has 0 radical (unpaired) electrons. The first-order chi connectivity index (χ1) is 12.3. The molecule has 2 heterocycles. The second kappa shape index (κ2) is 5.65. The number of hydrogen-bond acceptors (Lipinski definition) is 3. The highest BCUT2D eigenvalue weighted by Gasteiger charge is 2.67. The number of alkyl halides is 3. The molecule has 26 heavy (non-hydrogen) atoms. The Kier molecular flexibility index (Phi) is 3.64. The lowest BCUT2D eigenvalue weighted by Crippen LogP contribution is -2.30. The molecule has 2 amide bonds. The Balaban J connectivity index is 1.52. The number of carbonyl (C=O) groups excluding carboxylic acids is 2. The maximum absolute atomic E-state index is 12.8. The Morgan fingerprint density at radius 2 is 1.85 bits per heavy atom. The van der Waals surface area contributed by atoms with Crippen molar-refractivity contribution in [2.45, 2.75) is 31.5 Å². The van der Waals surface area contributed by atoms with Gasteiger partial charge in [0.2, 0.25) is 11.8 Å². The summed E-state index contributed by atoms with van der Waals surface area (Å²) < 4.78 is 37.9. The number of benzene rings is 1. The molecule has 0 bridgehead atoms. The molecule has 2 aliphatic rings. The molecule has 134 valence electrons. The number of hydrogen-bond donors (Lipinski definition) is 0. The largest absolute Gasteiger partial charge is 0.433 e. The summed E-state index contributed by atoms with van der Waals surface area (Å²) in [5.74, 6) is -0.730. The van der Waals surface area contributed by atoms with Crippen molar-refractivity contribution in [1.82, 2.24) is 9.88 Å². The van der Waals surface area contributed by atoms with Crippen molar-refractivity contribution < 1.29 is 22.8 Å². The molecule has 2 atom stereocenters. The van der Waals surface area contributed by atoms with Crippen LogP contribution in [0.1, 0.15) is 35.6 Å². The molecule has 1 aliphatic carbocycles. The zero-order valence-corrected chi connectivity index (χ0v) is 13.7. The molecular weight excluding hydrogens is 345 g/mol. The van der Waals surface area contributed by atoms with Crippen LogP contribution in [-0.4, -0.2) is 21.7 Å². The van der Waals surface area contributed by atoms with Crippen LogP contribution < -0.4 is 0 Å². The Labute approximate surface area is 147 Å². The van der Waals surface area contributed by atoms with Gasteiger partial charge in [-0.1, -0.05) is 36.4 Å². The number of imide groups is 1. The van der Waals surface area contributed by atoms with Gasteiger partial charge >= 0.3 is 6.18 Å². The Hall–Kier alpha value is -2.70. The van der Waals surface area contributed by atoms with Crippen molar-refractivity contribution in [2.24, 2.45) is 5.41 Å². The lowest BCUT2D eigenvalue weighted by molar-refractivity contribution is -0.142. The fraction of sp³-hybridized carbons (Fsp3) is 0.316. The van der Waals surface area contributed by atoms with Crippen molar-refractivity contribution >= 4 is 11.8 Å². The van der Waals surface area contributed by atoms with Gasteiger partial charge in [0.15, 0.2) is 0 Å². The summed E-state index contributed by atoms with van der Waals surface area (Å²) in [7, 11) is 0. The van der Waals surface area contributed by atoms with Crippen LogP contribution >= 0.6 is 0 Å². The summed E-state index contributed by atoms with van der Waals surface area (Å²) in [6, 6.07) is 11.5. The fourth-order valence-corrected chi connectivity index (χ4v) is 3.70. The molecular formula is C19H15F3N2O2. The standard InChI is InChI=1S/C19H15F3N2O2/c20-19(21,22)15-7-6-13(10-23-15)14-8-18(14)9-16(25)24(17(18)26)11-12-4-2-1-3-5-12/h1-7,10,14H,8-9,11H2/t14-,18-/m0/s1. The number of aromatic nitrogens is 1. The minimum Gasteiger partial charge on any atom is -0.278 e. The molecule has 1 spiro atoms. The van der Waals surface area contributed by atoms with Crippen LogP contribution in [0.5, 0.6) is 0 Å². The zero-order valence-electron chi connectivity index (χ0n) is 13.7. The van der Waals surface area contributed by atoms with Crippen LogP contribution in [0, 0.1) is 5.41 Å². The average molecular weight is 360 g/mol. The summed E-state index contributed by atoms with van der Waals surface area (Å²) in [4.78, 5) is 29.9. The zero-order chi connectivity index (χ0) is 18.5. The summed E-state index contributed by atoms with van der Waals surface area (Å²) in [6.07, 6.45) is -2.76. The third kappa shape index (κ3) is 2.67. The lowest BCUT2D eigenvalue weighted by Gasteiger charge is -2.15. The molecule has 4 rings (SSSR count). The minimum absolute atomic E-state index is 0.102. The first-order valence-corrected chi connectivity index (χ1v) is 8.23. The molecule has 1 aromatic carbocycles. The van der Waals surface area contributed by atoms with Crippen molar-refractivity contribution in [3.63, 3.8) is 0 Å². The molecule has 4 nitrogen and oxygen atoms in total. The summed E-state index contributed by atoms with van der Waals surface area (Å²) >= 11 is 0. The second-order valence-corrected chi connectivity index (χ2v) is 6.83. The van der Waals surface area contributed by atoms with Crippen LogP contribution in [0.15, 0.2) is 48.7 Å². The first-order valence-electron chi connectivity index (χ1n) is 8.23.